The van der Waals surface area contributed by atoms with E-state index < -0.39 is 0 Å². The second-order valence-corrected chi connectivity index (χ2v) is 4.35. The Hall–Kier alpha value is -1.89. The van der Waals surface area contributed by atoms with Gasteiger partial charge in [0.1, 0.15) is 11.6 Å². The first kappa shape index (κ1) is 12.6. The van der Waals surface area contributed by atoms with Crippen LogP contribution >= 0.6 is 0 Å². The zero-order valence-corrected chi connectivity index (χ0v) is 10.5. The van der Waals surface area contributed by atoms with Crippen LogP contribution in [0.5, 0.6) is 0 Å². The van der Waals surface area contributed by atoms with Crippen LogP contribution in [0.3, 0.4) is 0 Å². The number of aromatic nitrogens is 2. The first-order valence-electron chi connectivity index (χ1n) is 6.28. The number of nitriles is 1. The number of fused-ring (bicyclic) bond motifs is 1. The first-order chi connectivity index (χ1) is 8.76. The number of benzene rings is 1. The monoisotopic (exact) mass is 245 g/mol. The molecule has 94 valence electrons. The molecule has 0 aliphatic rings. The van der Waals surface area contributed by atoms with E-state index in [9.17, 15) is 4.39 Å². The lowest BCUT2D eigenvalue weighted by molar-refractivity contribution is 0.597. The molecular formula is C14H16FN3. The molecule has 3 nitrogen and oxygen atoms in total. The van der Waals surface area contributed by atoms with Crippen molar-refractivity contribution in [2.45, 2.75) is 39.2 Å². The summed E-state index contributed by atoms with van der Waals surface area (Å²) in [6.45, 7) is 2.99. The molecule has 4 heteroatoms. The van der Waals surface area contributed by atoms with Crippen LogP contribution < -0.4 is 0 Å². The Morgan fingerprint density at radius 2 is 2.22 bits per heavy atom. The molecular weight excluding hydrogens is 229 g/mol. The van der Waals surface area contributed by atoms with Gasteiger partial charge in [-0.25, -0.2) is 9.37 Å². The molecule has 0 saturated heterocycles. The van der Waals surface area contributed by atoms with Gasteiger partial charge in [0, 0.05) is 12.6 Å². The summed E-state index contributed by atoms with van der Waals surface area (Å²) in [6.07, 6.45) is 3.61. The van der Waals surface area contributed by atoms with Crippen molar-refractivity contribution in [3.05, 3.63) is 29.8 Å². The fourth-order valence-corrected chi connectivity index (χ4v) is 2.13. The van der Waals surface area contributed by atoms with Gasteiger partial charge in [0.05, 0.1) is 23.5 Å². The molecule has 0 aliphatic heterocycles. The molecule has 0 radical (unpaired) electrons. The Labute approximate surface area is 106 Å². The van der Waals surface area contributed by atoms with Crippen LogP contribution in [0.1, 0.15) is 32.0 Å². The maximum atomic E-state index is 13.2. The van der Waals surface area contributed by atoms with Crippen molar-refractivity contribution in [2.75, 3.05) is 0 Å². The molecule has 0 amide bonds. The number of hydrogen-bond donors (Lipinski definition) is 0. The molecule has 18 heavy (non-hydrogen) atoms. The van der Waals surface area contributed by atoms with Crippen LogP contribution in [0.25, 0.3) is 11.0 Å². The van der Waals surface area contributed by atoms with Gasteiger partial charge in [0.25, 0.3) is 0 Å². The molecule has 0 unspecified atom stereocenters. The highest BCUT2D eigenvalue weighted by Gasteiger charge is 2.10. The van der Waals surface area contributed by atoms with Crippen molar-refractivity contribution >= 4 is 11.0 Å². The number of unbranched alkanes of at least 4 members (excludes halogenated alkanes) is 2. The predicted octanol–water partition coefficient (Wildman–Crippen LogP) is 3.43. The van der Waals surface area contributed by atoms with Gasteiger partial charge in [0.15, 0.2) is 0 Å². The van der Waals surface area contributed by atoms with Crippen LogP contribution in [0.2, 0.25) is 0 Å². The van der Waals surface area contributed by atoms with Crippen LogP contribution in [0.15, 0.2) is 18.2 Å². The Bertz CT molecular complexity index is 580. The number of aryl methyl sites for hydroxylation is 1. The van der Waals surface area contributed by atoms with E-state index >= 15 is 0 Å². The Kier molecular flexibility index (Phi) is 3.93. The summed E-state index contributed by atoms with van der Waals surface area (Å²) in [4.78, 5) is 4.34. The number of hydrogen-bond acceptors (Lipinski definition) is 2. The number of halogens is 1. The highest BCUT2D eigenvalue weighted by molar-refractivity contribution is 5.76. The molecule has 1 aromatic carbocycles. The van der Waals surface area contributed by atoms with Crippen LogP contribution in [-0.4, -0.2) is 9.55 Å². The summed E-state index contributed by atoms with van der Waals surface area (Å²) in [5.41, 5.74) is 1.55. The van der Waals surface area contributed by atoms with Crippen molar-refractivity contribution in [3.63, 3.8) is 0 Å². The second-order valence-electron chi connectivity index (χ2n) is 4.35. The van der Waals surface area contributed by atoms with Gasteiger partial charge in [-0.1, -0.05) is 19.8 Å². The third-order valence-electron chi connectivity index (χ3n) is 3.01. The molecule has 0 spiro atoms. The van der Waals surface area contributed by atoms with Gasteiger partial charge < -0.3 is 4.57 Å². The SMILES string of the molecule is CCCCCn1c(CC#N)nc2cc(F)ccc21. The summed E-state index contributed by atoms with van der Waals surface area (Å²) in [6, 6.07) is 6.72. The number of rotatable bonds is 5. The van der Waals surface area contributed by atoms with Crippen molar-refractivity contribution < 1.29 is 4.39 Å². The van der Waals surface area contributed by atoms with Crippen LogP contribution in [-0.2, 0) is 13.0 Å². The Morgan fingerprint density at radius 1 is 1.39 bits per heavy atom. The maximum absolute atomic E-state index is 13.2. The normalized spacial score (nSPS) is 10.7. The summed E-state index contributed by atoms with van der Waals surface area (Å²) < 4.78 is 15.2. The second kappa shape index (κ2) is 5.63. The van der Waals surface area contributed by atoms with E-state index in [0.717, 1.165) is 37.1 Å². The summed E-state index contributed by atoms with van der Waals surface area (Å²) in [5.74, 6) is 0.443. The highest BCUT2D eigenvalue weighted by atomic mass is 19.1. The number of nitrogens with zero attached hydrogens (tertiary/aromatic N) is 3. The highest BCUT2D eigenvalue weighted by Crippen LogP contribution is 2.19. The minimum absolute atomic E-state index is 0.266. The van der Waals surface area contributed by atoms with Crippen molar-refractivity contribution in [1.82, 2.24) is 9.55 Å². The molecule has 1 aromatic heterocycles. The maximum Gasteiger partial charge on any atom is 0.125 e. The smallest absolute Gasteiger partial charge is 0.125 e. The van der Waals surface area contributed by atoms with Gasteiger partial charge in [-0.15, -0.1) is 0 Å². The molecule has 0 aliphatic carbocycles. The van der Waals surface area contributed by atoms with Crippen molar-refractivity contribution in [3.8, 4) is 6.07 Å². The van der Waals surface area contributed by atoms with Gasteiger partial charge in [-0.05, 0) is 18.6 Å². The Morgan fingerprint density at radius 3 is 2.94 bits per heavy atom. The van der Waals surface area contributed by atoms with E-state index in [-0.39, 0.29) is 12.2 Å². The molecule has 2 rings (SSSR count). The summed E-state index contributed by atoms with van der Waals surface area (Å²) in [5, 5.41) is 8.82. The third kappa shape index (κ3) is 2.51. The average Bonchev–Trinajstić information content (AvgIpc) is 2.67. The van der Waals surface area contributed by atoms with E-state index in [4.69, 9.17) is 5.26 Å². The van der Waals surface area contributed by atoms with E-state index in [1.165, 1.54) is 12.1 Å². The van der Waals surface area contributed by atoms with Gasteiger partial charge in [-0.2, -0.15) is 5.26 Å². The summed E-state index contributed by atoms with van der Waals surface area (Å²) >= 11 is 0. The van der Waals surface area contributed by atoms with Gasteiger partial charge >= 0.3 is 0 Å². The number of imidazole rings is 1. The largest absolute Gasteiger partial charge is 0.327 e. The standard InChI is InChI=1S/C14H16FN3/c1-2-3-4-9-18-13-6-5-11(15)10-12(13)17-14(18)7-8-16/h5-6,10H,2-4,7,9H2,1H3. The van der Waals surface area contributed by atoms with Crippen LogP contribution in [0.4, 0.5) is 4.39 Å². The molecule has 0 saturated carbocycles. The van der Waals surface area contributed by atoms with Crippen LogP contribution in [0, 0.1) is 17.1 Å². The van der Waals surface area contributed by atoms with E-state index in [0.29, 0.717) is 5.52 Å². The van der Waals surface area contributed by atoms with E-state index in [1.807, 2.05) is 4.57 Å². The molecule has 0 atom stereocenters. The van der Waals surface area contributed by atoms with E-state index in [2.05, 4.69) is 18.0 Å². The zero-order chi connectivity index (χ0) is 13.0. The lowest BCUT2D eigenvalue weighted by Gasteiger charge is -2.06. The molecule has 1 heterocycles. The molecule has 0 N–H and O–H groups in total. The minimum atomic E-state index is -0.288. The van der Waals surface area contributed by atoms with Gasteiger partial charge in [-0.3, -0.25) is 0 Å². The molecule has 0 bridgehead atoms. The quantitative estimate of drug-likeness (QED) is 0.757. The lowest BCUT2D eigenvalue weighted by Crippen LogP contribution is -2.03. The average molecular weight is 245 g/mol. The zero-order valence-electron chi connectivity index (χ0n) is 10.5. The summed E-state index contributed by atoms with van der Waals surface area (Å²) in [7, 11) is 0. The fraction of sp³-hybridized carbons (Fsp3) is 0.429. The van der Waals surface area contributed by atoms with Gasteiger partial charge in [0.2, 0.25) is 0 Å². The molecule has 2 aromatic rings. The third-order valence-corrected chi connectivity index (χ3v) is 3.01. The Balaban J connectivity index is 2.39. The topological polar surface area (TPSA) is 41.6 Å². The van der Waals surface area contributed by atoms with E-state index in [1.54, 1.807) is 6.07 Å². The molecule has 0 fully saturated rings. The first-order valence-corrected chi connectivity index (χ1v) is 6.28. The van der Waals surface area contributed by atoms with Crippen molar-refractivity contribution in [1.29, 1.82) is 5.26 Å². The lowest BCUT2D eigenvalue weighted by atomic mass is 10.2. The minimum Gasteiger partial charge on any atom is -0.327 e. The van der Waals surface area contributed by atoms with Crippen molar-refractivity contribution in [2.24, 2.45) is 0 Å². The predicted molar refractivity (Wildman–Crippen MR) is 68.5 cm³/mol. The fourth-order valence-electron chi connectivity index (χ4n) is 2.13.